The molecule has 1 aliphatic heterocycles. The fourth-order valence-corrected chi connectivity index (χ4v) is 2.40. The van der Waals surface area contributed by atoms with Crippen molar-refractivity contribution in [1.29, 1.82) is 0 Å². The van der Waals surface area contributed by atoms with Gasteiger partial charge in [-0.05, 0) is 24.1 Å². The second-order valence-corrected chi connectivity index (χ2v) is 6.34. The highest BCUT2D eigenvalue weighted by molar-refractivity contribution is 6.30. The summed E-state index contributed by atoms with van der Waals surface area (Å²) in [5.74, 6) is -0.328. The Morgan fingerprint density at radius 2 is 2.04 bits per heavy atom. The zero-order chi connectivity index (χ0) is 19.5. The van der Waals surface area contributed by atoms with Crippen LogP contribution in [0.5, 0.6) is 0 Å². The van der Waals surface area contributed by atoms with Crippen molar-refractivity contribution in [2.24, 2.45) is 21.0 Å². The lowest BCUT2D eigenvalue weighted by atomic mass is 10.2. The van der Waals surface area contributed by atoms with E-state index in [-0.39, 0.29) is 12.4 Å². The van der Waals surface area contributed by atoms with Crippen LogP contribution in [-0.2, 0) is 16.1 Å². The maximum absolute atomic E-state index is 12.6. The Kier molecular flexibility index (Phi) is 9.12. The van der Waals surface area contributed by atoms with Gasteiger partial charge in [0.15, 0.2) is 0 Å². The molecule has 1 aliphatic rings. The lowest BCUT2D eigenvalue weighted by Crippen LogP contribution is -2.53. The Morgan fingerprint density at radius 3 is 2.70 bits per heavy atom. The first kappa shape index (κ1) is 21.2. The number of azo groups is 1. The standard InChI is InChI=1S/C17H25ClN6O3/c18-14-4-2-13(3-5-14)12-20-16(19)15(22-21-6-1-9-25)17(26)23-24-7-10-27-11-8-24/h2-5,15,25H,1,6-12H2,(H2,19,20)(H,23,26)/b22-21+. The third-order valence-corrected chi connectivity index (χ3v) is 4.03. The van der Waals surface area contributed by atoms with Crippen LogP contribution in [-0.4, -0.2) is 67.4 Å². The summed E-state index contributed by atoms with van der Waals surface area (Å²) in [6.07, 6.45) is 0.461. The molecule has 0 radical (unpaired) electrons. The molecule has 1 atom stereocenters. The number of hydrogen-bond donors (Lipinski definition) is 3. The molecular weight excluding hydrogens is 372 g/mol. The van der Waals surface area contributed by atoms with Crippen molar-refractivity contribution in [1.82, 2.24) is 10.4 Å². The number of carbonyl (C=O) groups excluding carboxylic acids is 1. The van der Waals surface area contributed by atoms with Crippen LogP contribution < -0.4 is 11.2 Å². The molecule has 148 valence electrons. The Morgan fingerprint density at radius 1 is 1.33 bits per heavy atom. The molecule has 1 unspecified atom stereocenters. The van der Waals surface area contributed by atoms with Gasteiger partial charge in [-0.2, -0.15) is 10.2 Å². The summed E-state index contributed by atoms with van der Waals surface area (Å²) in [6, 6.07) is 6.17. The molecule has 27 heavy (non-hydrogen) atoms. The monoisotopic (exact) mass is 396 g/mol. The van der Waals surface area contributed by atoms with Crippen molar-refractivity contribution in [3.8, 4) is 0 Å². The zero-order valence-electron chi connectivity index (χ0n) is 15.1. The summed E-state index contributed by atoms with van der Waals surface area (Å²) in [5, 5.41) is 19.2. The number of carbonyl (C=O) groups is 1. The topological polar surface area (TPSA) is 125 Å². The molecule has 1 aromatic carbocycles. The zero-order valence-corrected chi connectivity index (χ0v) is 15.8. The Balaban J connectivity index is 2.04. The number of hydrogen-bond acceptors (Lipinski definition) is 7. The maximum atomic E-state index is 12.6. The summed E-state index contributed by atoms with van der Waals surface area (Å²) >= 11 is 5.87. The highest BCUT2D eigenvalue weighted by Crippen LogP contribution is 2.10. The second-order valence-electron chi connectivity index (χ2n) is 5.90. The van der Waals surface area contributed by atoms with Gasteiger partial charge in [0.05, 0.1) is 26.3 Å². The van der Waals surface area contributed by atoms with Gasteiger partial charge in [0.2, 0.25) is 6.04 Å². The smallest absolute Gasteiger partial charge is 0.268 e. The fraction of sp³-hybridized carbons (Fsp3) is 0.529. The molecule has 0 aliphatic carbocycles. The molecule has 0 aromatic heterocycles. The Labute approximate surface area is 163 Å². The van der Waals surface area contributed by atoms with Crippen LogP contribution in [0.4, 0.5) is 0 Å². The van der Waals surface area contributed by atoms with Crippen LogP contribution in [0.25, 0.3) is 0 Å². The maximum Gasteiger partial charge on any atom is 0.268 e. The highest BCUT2D eigenvalue weighted by Gasteiger charge is 2.25. The molecule has 1 aromatic rings. The van der Waals surface area contributed by atoms with Crippen LogP contribution in [0, 0.1) is 0 Å². The quantitative estimate of drug-likeness (QED) is 0.246. The number of hydrazine groups is 1. The number of nitrogens with two attached hydrogens (primary N) is 1. The van der Waals surface area contributed by atoms with Gasteiger partial charge in [0.1, 0.15) is 5.84 Å². The predicted molar refractivity (Wildman–Crippen MR) is 103 cm³/mol. The first-order valence-electron chi connectivity index (χ1n) is 8.75. The molecule has 2 rings (SSSR count). The van der Waals surface area contributed by atoms with Gasteiger partial charge < -0.3 is 15.6 Å². The largest absolute Gasteiger partial charge is 0.396 e. The summed E-state index contributed by atoms with van der Waals surface area (Å²) in [4.78, 5) is 16.9. The van der Waals surface area contributed by atoms with E-state index in [0.717, 1.165) is 5.56 Å². The van der Waals surface area contributed by atoms with Crippen LogP contribution in [0.3, 0.4) is 0 Å². The van der Waals surface area contributed by atoms with Crippen LogP contribution in [0.2, 0.25) is 5.02 Å². The molecule has 0 bridgehead atoms. The predicted octanol–water partition coefficient (Wildman–Crippen LogP) is 0.764. The molecule has 1 saturated heterocycles. The van der Waals surface area contributed by atoms with Crippen LogP contribution >= 0.6 is 11.6 Å². The van der Waals surface area contributed by atoms with Gasteiger partial charge in [-0.3, -0.25) is 15.2 Å². The van der Waals surface area contributed by atoms with E-state index >= 15 is 0 Å². The van der Waals surface area contributed by atoms with E-state index < -0.39 is 11.9 Å². The number of benzene rings is 1. The number of halogens is 1. The third-order valence-electron chi connectivity index (χ3n) is 3.78. The van der Waals surface area contributed by atoms with Crippen LogP contribution in [0.1, 0.15) is 12.0 Å². The van der Waals surface area contributed by atoms with Gasteiger partial charge in [0, 0.05) is 24.7 Å². The number of nitrogens with one attached hydrogen (secondary N) is 1. The van der Waals surface area contributed by atoms with Gasteiger partial charge in [-0.1, -0.05) is 23.7 Å². The summed E-state index contributed by atoms with van der Waals surface area (Å²) in [6.45, 7) is 2.87. The number of aliphatic hydroxyl groups is 1. The van der Waals surface area contributed by atoms with Crippen molar-refractivity contribution in [2.45, 2.75) is 19.0 Å². The lowest BCUT2D eigenvalue weighted by Gasteiger charge is -2.27. The molecule has 1 fully saturated rings. The number of ether oxygens (including phenoxy) is 1. The molecule has 4 N–H and O–H groups in total. The minimum atomic E-state index is -1.03. The number of rotatable bonds is 9. The molecule has 0 spiro atoms. The summed E-state index contributed by atoms with van der Waals surface area (Å²) < 4.78 is 5.26. The number of aliphatic hydroxyl groups excluding tert-OH is 1. The average Bonchev–Trinajstić information content (AvgIpc) is 2.68. The Hall–Kier alpha value is -2.07. The van der Waals surface area contributed by atoms with E-state index in [2.05, 4.69) is 20.6 Å². The van der Waals surface area contributed by atoms with Gasteiger partial charge >= 0.3 is 0 Å². The second kappa shape index (κ2) is 11.6. The van der Waals surface area contributed by atoms with Crippen molar-refractivity contribution in [3.63, 3.8) is 0 Å². The summed E-state index contributed by atoms with van der Waals surface area (Å²) in [7, 11) is 0. The number of nitrogens with zero attached hydrogens (tertiary/aromatic N) is 4. The molecule has 0 saturated carbocycles. The van der Waals surface area contributed by atoms with E-state index in [4.69, 9.17) is 27.2 Å². The highest BCUT2D eigenvalue weighted by atomic mass is 35.5. The molecule has 1 heterocycles. The van der Waals surface area contributed by atoms with Gasteiger partial charge in [0.25, 0.3) is 5.91 Å². The molecule has 10 heteroatoms. The van der Waals surface area contributed by atoms with Crippen molar-refractivity contribution in [3.05, 3.63) is 34.9 Å². The fourth-order valence-electron chi connectivity index (χ4n) is 2.28. The van der Waals surface area contributed by atoms with Gasteiger partial charge in [-0.15, -0.1) is 0 Å². The van der Waals surface area contributed by atoms with Crippen molar-refractivity contribution < 1.29 is 14.6 Å². The van der Waals surface area contributed by atoms with E-state index in [9.17, 15) is 4.79 Å². The van der Waals surface area contributed by atoms with Crippen molar-refractivity contribution in [2.75, 3.05) is 39.5 Å². The first-order chi connectivity index (χ1) is 13.1. The molecule has 1 amide bonds. The van der Waals surface area contributed by atoms with E-state index in [1.165, 1.54) is 0 Å². The normalized spacial score (nSPS) is 17.2. The van der Waals surface area contributed by atoms with E-state index in [1.807, 2.05) is 12.1 Å². The molecule has 9 nitrogen and oxygen atoms in total. The number of morpholine rings is 1. The molecular formula is C17H25ClN6O3. The first-order valence-corrected chi connectivity index (χ1v) is 9.13. The minimum Gasteiger partial charge on any atom is -0.396 e. The SMILES string of the molecule is N/C(=N\Cc1ccc(Cl)cc1)C(/N=N/CCCO)C(=O)NN1CCOCC1. The third kappa shape index (κ3) is 7.59. The summed E-state index contributed by atoms with van der Waals surface area (Å²) in [5.41, 5.74) is 9.72. The van der Waals surface area contributed by atoms with E-state index in [1.54, 1.807) is 17.1 Å². The number of amidine groups is 1. The Bertz CT molecular complexity index is 647. The average molecular weight is 397 g/mol. The van der Waals surface area contributed by atoms with E-state index in [0.29, 0.717) is 50.8 Å². The van der Waals surface area contributed by atoms with Crippen molar-refractivity contribution >= 4 is 23.3 Å². The van der Waals surface area contributed by atoms with Crippen LogP contribution in [0.15, 0.2) is 39.5 Å². The lowest BCUT2D eigenvalue weighted by molar-refractivity contribution is -0.127. The van der Waals surface area contributed by atoms with Gasteiger partial charge in [-0.25, -0.2) is 5.01 Å². The number of aliphatic imine (C=N–C) groups is 1. The number of amides is 1. The minimum absolute atomic E-state index is 0.00377.